The maximum atomic E-state index is 13.9. The molecular formula is C29H41N3O2. The molecule has 0 amide bonds. The highest BCUT2D eigenvalue weighted by molar-refractivity contribution is 5.86. The van der Waals surface area contributed by atoms with E-state index in [0.717, 1.165) is 55.0 Å². The van der Waals surface area contributed by atoms with E-state index in [-0.39, 0.29) is 17.4 Å². The molecular weight excluding hydrogens is 422 g/mol. The molecule has 4 fully saturated rings. The van der Waals surface area contributed by atoms with Gasteiger partial charge in [0.2, 0.25) is 0 Å². The quantitative estimate of drug-likeness (QED) is 0.609. The molecule has 6 rings (SSSR count). The molecule has 5 heteroatoms. The SMILES string of the molecule is CC(C(=O)[C@H]1CC[C@H]2[C@@H]3CC[C@H]4C[C@](C)(O)CCC4(C)[C@H]3CC[C@]12C)n1nc2ccccc2n1. The number of Topliss-reactive ketones (excluding diaryl/α,β-unsaturated/α-hetero) is 1. The molecule has 2 aromatic rings. The largest absolute Gasteiger partial charge is 0.390 e. The molecule has 0 spiro atoms. The van der Waals surface area contributed by atoms with Crippen molar-refractivity contribution < 1.29 is 9.90 Å². The van der Waals surface area contributed by atoms with Crippen LogP contribution in [0.3, 0.4) is 0 Å². The van der Waals surface area contributed by atoms with Crippen LogP contribution in [0, 0.1) is 40.4 Å². The highest BCUT2D eigenvalue weighted by Crippen LogP contribution is 2.68. The Hall–Kier alpha value is -1.75. The lowest BCUT2D eigenvalue weighted by atomic mass is 9.44. The van der Waals surface area contributed by atoms with Crippen LogP contribution in [0.15, 0.2) is 24.3 Å². The lowest BCUT2D eigenvalue weighted by Crippen LogP contribution is -2.55. The van der Waals surface area contributed by atoms with Crippen LogP contribution in [-0.2, 0) is 4.79 Å². The Kier molecular flexibility index (Phi) is 5.09. The number of carbonyl (C=O) groups is 1. The fraction of sp³-hybridized carbons (Fsp3) is 0.759. The molecule has 5 nitrogen and oxygen atoms in total. The van der Waals surface area contributed by atoms with Gasteiger partial charge in [0.1, 0.15) is 17.1 Å². The number of hydrogen-bond donors (Lipinski definition) is 1. The first-order valence-corrected chi connectivity index (χ1v) is 13.7. The van der Waals surface area contributed by atoms with Gasteiger partial charge in [-0.05, 0) is 118 Å². The maximum absolute atomic E-state index is 13.9. The summed E-state index contributed by atoms with van der Waals surface area (Å²) in [6, 6.07) is 7.55. The lowest BCUT2D eigenvalue weighted by molar-refractivity contribution is -0.151. The number of hydrogen-bond acceptors (Lipinski definition) is 4. The standard InChI is InChI=1S/C29H41N3O2/c1-18(32-30-24-7-5-6-8-25(24)31-32)26(33)23-12-11-21-20-10-9-19-17-27(2,34)15-16-28(19,3)22(20)13-14-29(21,23)4/h5-8,18-23,34H,9-17H2,1-4H3/t18?,19-,20-,21-,22-,23+,27+,28?,29-/m0/s1. The molecule has 2 unspecified atom stereocenters. The molecule has 0 radical (unpaired) electrons. The van der Waals surface area contributed by atoms with Crippen molar-refractivity contribution in [1.82, 2.24) is 15.0 Å². The van der Waals surface area contributed by atoms with Gasteiger partial charge in [0, 0.05) is 5.92 Å². The van der Waals surface area contributed by atoms with Crippen LogP contribution in [-0.4, -0.2) is 31.5 Å². The molecule has 9 atom stereocenters. The lowest BCUT2D eigenvalue weighted by Gasteiger charge is -2.61. The first kappa shape index (κ1) is 22.7. The molecule has 1 aromatic heterocycles. The second-order valence-corrected chi connectivity index (χ2v) is 13.1. The summed E-state index contributed by atoms with van der Waals surface area (Å²) in [5.74, 6) is 3.24. The number of aromatic nitrogens is 3. The minimum Gasteiger partial charge on any atom is -0.390 e. The van der Waals surface area contributed by atoms with Crippen molar-refractivity contribution in [3.8, 4) is 0 Å². The number of fused-ring (bicyclic) bond motifs is 6. The highest BCUT2D eigenvalue weighted by Gasteiger charge is 2.62. The normalized spacial score (nSPS) is 44.8. The van der Waals surface area contributed by atoms with Crippen molar-refractivity contribution in [2.24, 2.45) is 40.4 Å². The van der Waals surface area contributed by atoms with E-state index in [9.17, 15) is 9.90 Å². The van der Waals surface area contributed by atoms with Crippen molar-refractivity contribution in [3.63, 3.8) is 0 Å². The second-order valence-electron chi connectivity index (χ2n) is 13.1. The van der Waals surface area contributed by atoms with E-state index in [4.69, 9.17) is 0 Å². The summed E-state index contributed by atoms with van der Waals surface area (Å²) in [6.45, 7) is 9.01. The van der Waals surface area contributed by atoms with Crippen LogP contribution in [0.2, 0.25) is 0 Å². The number of rotatable bonds is 3. The predicted octanol–water partition coefficient (Wildman–Crippen LogP) is 5.97. The zero-order chi connectivity index (χ0) is 23.9. The van der Waals surface area contributed by atoms with E-state index in [1.54, 1.807) is 4.80 Å². The van der Waals surface area contributed by atoms with Crippen LogP contribution in [0.5, 0.6) is 0 Å². The third-order valence-electron chi connectivity index (χ3n) is 11.4. The molecule has 184 valence electrons. The molecule has 0 bridgehead atoms. The first-order valence-electron chi connectivity index (χ1n) is 13.7. The average molecular weight is 464 g/mol. The van der Waals surface area contributed by atoms with Crippen molar-refractivity contribution in [2.75, 3.05) is 0 Å². The number of carbonyl (C=O) groups excluding carboxylic acids is 1. The van der Waals surface area contributed by atoms with Crippen LogP contribution in [0.1, 0.15) is 91.5 Å². The van der Waals surface area contributed by atoms with Gasteiger partial charge in [-0.1, -0.05) is 26.0 Å². The van der Waals surface area contributed by atoms with Gasteiger partial charge in [-0.2, -0.15) is 15.0 Å². The Balaban J connectivity index is 1.23. The number of nitrogens with zero attached hydrogens (tertiary/aromatic N) is 3. The molecule has 4 aliphatic carbocycles. The Morgan fingerprint density at radius 3 is 2.32 bits per heavy atom. The van der Waals surface area contributed by atoms with Crippen molar-refractivity contribution in [3.05, 3.63) is 24.3 Å². The topological polar surface area (TPSA) is 68.0 Å². The zero-order valence-electron chi connectivity index (χ0n) is 21.3. The summed E-state index contributed by atoms with van der Waals surface area (Å²) < 4.78 is 0. The summed E-state index contributed by atoms with van der Waals surface area (Å²) in [5.41, 5.74) is 1.69. The van der Waals surface area contributed by atoms with Gasteiger partial charge >= 0.3 is 0 Å². The van der Waals surface area contributed by atoms with E-state index >= 15 is 0 Å². The minimum atomic E-state index is -0.480. The zero-order valence-corrected chi connectivity index (χ0v) is 21.3. The first-order chi connectivity index (χ1) is 16.1. The molecule has 0 saturated heterocycles. The van der Waals surface area contributed by atoms with Crippen LogP contribution >= 0.6 is 0 Å². The Bertz CT molecular complexity index is 1070. The van der Waals surface area contributed by atoms with Gasteiger partial charge in [-0.15, -0.1) is 0 Å². The smallest absolute Gasteiger partial charge is 0.162 e. The molecule has 4 saturated carbocycles. The van der Waals surface area contributed by atoms with Gasteiger partial charge in [0.15, 0.2) is 5.78 Å². The van der Waals surface area contributed by atoms with Crippen molar-refractivity contribution >= 4 is 16.8 Å². The third-order valence-corrected chi connectivity index (χ3v) is 11.4. The number of ketones is 1. The predicted molar refractivity (Wildman–Crippen MR) is 133 cm³/mol. The van der Waals surface area contributed by atoms with Crippen LogP contribution in [0.25, 0.3) is 11.0 Å². The molecule has 34 heavy (non-hydrogen) atoms. The van der Waals surface area contributed by atoms with E-state index in [0.29, 0.717) is 23.0 Å². The van der Waals surface area contributed by atoms with Gasteiger partial charge in [-0.25, -0.2) is 0 Å². The van der Waals surface area contributed by atoms with E-state index in [1.165, 1.54) is 25.7 Å². The molecule has 4 aliphatic rings. The molecule has 1 N–H and O–H groups in total. The summed E-state index contributed by atoms with van der Waals surface area (Å²) in [6.07, 6.45) is 10.2. The van der Waals surface area contributed by atoms with Crippen molar-refractivity contribution in [1.29, 1.82) is 0 Å². The Morgan fingerprint density at radius 1 is 0.941 bits per heavy atom. The minimum absolute atomic E-state index is 0.0996. The van der Waals surface area contributed by atoms with Gasteiger partial charge in [0.05, 0.1) is 5.60 Å². The number of aliphatic hydroxyl groups is 1. The third kappa shape index (κ3) is 3.25. The van der Waals surface area contributed by atoms with Gasteiger partial charge in [-0.3, -0.25) is 4.79 Å². The fourth-order valence-corrected chi connectivity index (χ4v) is 9.35. The molecule has 1 aromatic carbocycles. The Labute approximate surface area is 203 Å². The second kappa shape index (κ2) is 7.62. The summed E-state index contributed by atoms with van der Waals surface area (Å²) in [5, 5.41) is 20.0. The fourth-order valence-electron chi connectivity index (χ4n) is 9.35. The van der Waals surface area contributed by atoms with Crippen molar-refractivity contribution in [2.45, 2.75) is 97.1 Å². The summed E-state index contributed by atoms with van der Waals surface area (Å²) in [4.78, 5) is 15.5. The molecule has 0 aliphatic heterocycles. The maximum Gasteiger partial charge on any atom is 0.162 e. The van der Waals surface area contributed by atoms with Gasteiger partial charge in [0.25, 0.3) is 0 Å². The van der Waals surface area contributed by atoms with E-state index in [2.05, 4.69) is 24.0 Å². The monoisotopic (exact) mass is 463 g/mol. The molecule has 1 heterocycles. The van der Waals surface area contributed by atoms with Crippen LogP contribution in [0.4, 0.5) is 0 Å². The summed E-state index contributed by atoms with van der Waals surface area (Å²) in [7, 11) is 0. The van der Waals surface area contributed by atoms with E-state index < -0.39 is 5.60 Å². The highest BCUT2D eigenvalue weighted by atomic mass is 16.3. The number of benzene rings is 1. The summed E-state index contributed by atoms with van der Waals surface area (Å²) >= 11 is 0. The van der Waals surface area contributed by atoms with Gasteiger partial charge < -0.3 is 5.11 Å². The Morgan fingerprint density at radius 2 is 1.62 bits per heavy atom. The van der Waals surface area contributed by atoms with E-state index in [1.807, 2.05) is 38.1 Å². The van der Waals surface area contributed by atoms with Crippen LogP contribution < -0.4 is 0 Å². The average Bonchev–Trinajstić information content (AvgIpc) is 3.39.